The number of hydrogen-bond acceptors (Lipinski definition) is 5. The van der Waals surface area contributed by atoms with Crippen LogP contribution in [0.4, 0.5) is 0 Å². The molecule has 6 heteroatoms. The van der Waals surface area contributed by atoms with Crippen LogP contribution in [0.15, 0.2) is 48.7 Å². The largest absolute Gasteiger partial charge is 0.468 e. The van der Waals surface area contributed by atoms with E-state index >= 15 is 0 Å². The van der Waals surface area contributed by atoms with Crippen molar-refractivity contribution in [3.8, 4) is 0 Å². The summed E-state index contributed by atoms with van der Waals surface area (Å²) >= 11 is 0. The number of nitrogens with zero attached hydrogens (tertiary/aromatic N) is 2. The van der Waals surface area contributed by atoms with E-state index in [-0.39, 0.29) is 24.0 Å². The number of pyridine rings is 1. The number of aromatic nitrogens is 1. The van der Waals surface area contributed by atoms with Crippen LogP contribution in [-0.2, 0) is 16.1 Å². The first-order chi connectivity index (χ1) is 12.6. The van der Waals surface area contributed by atoms with Gasteiger partial charge in [0.1, 0.15) is 11.7 Å². The van der Waals surface area contributed by atoms with Gasteiger partial charge in [-0.3, -0.25) is 19.5 Å². The number of nitrogens with one attached hydrogen (secondary N) is 1. The summed E-state index contributed by atoms with van der Waals surface area (Å²) in [6.45, 7) is 3.29. The van der Waals surface area contributed by atoms with Crippen LogP contribution in [0.3, 0.4) is 0 Å². The van der Waals surface area contributed by atoms with Gasteiger partial charge in [0.25, 0.3) is 5.91 Å². The summed E-state index contributed by atoms with van der Waals surface area (Å²) in [7, 11) is 1.40. The van der Waals surface area contributed by atoms with E-state index < -0.39 is 0 Å². The second-order valence-electron chi connectivity index (χ2n) is 6.52. The Balaban J connectivity index is 1.71. The summed E-state index contributed by atoms with van der Waals surface area (Å²) in [5.41, 5.74) is 2.72. The Labute approximate surface area is 153 Å². The zero-order valence-corrected chi connectivity index (χ0v) is 15.0. The highest BCUT2D eigenvalue weighted by atomic mass is 16.5. The molecule has 2 atom stereocenters. The molecule has 1 fully saturated rings. The van der Waals surface area contributed by atoms with E-state index in [0.29, 0.717) is 25.2 Å². The van der Waals surface area contributed by atoms with Crippen LogP contribution in [0, 0.1) is 6.92 Å². The number of amides is 1. The fourth-order valence-corrected chi connectivity index (χ4v) is 3.33. The first kappa shape index (κ1) is 18.1. The highest BCUT2D eigenvalue weighted by Crippen LogP contribution is 2.23. The molecule has 0 bridgehead atoms. The number of aryl methyl sites for hydroxylation is 1. The van der Waals surface area contributed by atoms with E-state index in [0.717, 1.165) is 5.56 Å². The number of carbonyl (C=O) groups is 2. The number of esters is 1. The molecule has 1 aromatic heterocycles. The summed E-state index contributed by atoms with van der Waals surface area (Å²) in [4.78, 5) is 30.7. The molecular formula is C20H23N3O3. The number of rotatable bonds is 5. The van der Waals surface area contributed by atoms with Gasteiger partial charge in [-0.2, -0.15) is 0 Å². The van der Waals surface area contributed by atoms with Crippen LogP contribution in [0.2, 0.25) is 0 Å². The zero-order valence-electron chi connectivity index (χ0n) is 15.0. The molecule has 1 N–H and O–H groups in total. The lowest BCUT2D eigenvalue weighted by molar-refractivity contribution is -0.146. The topological polar surface area (TPSA) is 71.5 Å². The Kier molecular flexibility index (Phi) is 5.63. The second-order valence-corrected chi connectivity index (χ2v) is 6.52. The van der Waals surface area contributed by atoms with Crippen molar-refractivity contribution in [2.45, 2.75) is 32.0 Å². The predicted octanol–water partition coefficient (Wildman–Crippen LogP) is 1.94. The minimum absolute atomic E-state index is 0.127. The molecule has 1 aromatic carbocycles. The molecule has 0 spiro atoms. The summed E-state index contributed by atoms with van der Waals surface area (Å²) < 4.78 is 4.96. The van der Waals surface area contributed by atoms with Gasteiger partial charge in [0, 0.05) is 25.3 Å². The first-order valence-electron chi connectivity index (χ1n) is 8.66. The molecule has 26 heavy (non-hydrogen) atoms. The van der Waals surface area contributed by atoms with Crippen LogP contribution in [0.1, 0.15) is 28.0 Å². The van der Waals surface area contributed by atoms with Crippen molar-refractivity contribution in [3.63, 3.8) is 0 Å². The van der Waals surface area contributed by atoms with E-state index in [9.17, 15) is 9.59 Å². The Morgan fingerprint density at radius 3 is 2.69 bits per heavy atom. The summed E-state index contributed by atoms with van der Waals surface area (Å²) in [5.74, 6) is -0.495. The third-order valence-corrected chi connectivity index (χ3v) is 4.74. The van der Waals surface area contributed by atoms with Gasteiger partial charge in [-0.1, -0.05) is 30.3 Å². The van der Waals surface area contributed by atoms with Gasteiger partial charge in [-0.15, -0.1) is 0 Å². The number of likely N-dealkylation sites (tertiary alicyclic amines) is 1. The molecule has 3 rings (SSSR count). The molecule has 1 amide bonds. The molecule has 2 aromatic rings. The summed E-state index contributed by atoms with van der Waals surface area (Å²) in [6.07, 6.45) is 2.11. The SMILES string of the molecule is COC(=O)[C@@H]1C[C@H](NC(=O)c2ccccn2)CN1Cc1ccccc1C. The maximum Gasteiger partial charge on any atom is 0.323 e. The predicted molar refractivity (Wildman–Crippen MR) is 97.5 cm³/mol. The lowest BCUT2D eigenvalue weighted by Crippen LogP contribution is -2.38. The second kappa shape index (κ2) is 8.10. The first-order valence-corrected chi connectivity index (χ1v) is 8.66. The van der Waals surface area contributed by atoms with Crippen molar-refractivity contribution in [2.24, 2.45) is 0 Å². The molecule has 2 heterocycles. The smallest absolute Gasteiger partial charge is 0.323 e. The Hall–Kier alpha value is -2.73. The Bertz CT molecular complexity index is 779. The minimum Gasteiger partial charge on any atom is -0.468 e. The molecule has 6 nitrogen and oxygen atoms in total. The molecular weight excluding hydrogens is 330 g/mol. The molecule has 136 valence electrons. The van der Waals surface area contributed by atoms with Crippen molar-refractivity contribution in [1.82, 2.24) is 15.2 Å². The maximum absolute atomic E-state index is 12.4. The van der Waals surface area contributed by atoms with Gasteiger partial charge >= 0.3 is 5.97 Å². The number of methoxy groups -OCH3 is 1. The van der Waals surface area contributed by atoms with Gasteiger partial charge in [-0.25, -0.2) is 0 Å². The van der Waals surface area contributed by atoms with Crippen LogP contribution < -0.4 is 5.32 Å². The van der Waals surface area contributed by atoms with Crippen molar-refractivity contribution in [1.29, 1.82) is 0 Å². The Morgan fingerprint density at radius 2 is 2.00 bits per heavy atom. The van der Waals surface area contributed by atoms with E-state index in [4.69, 9.17) is 4.74 Å². The third kappa shape index (κ3) is 4.08. The van der Waals surface area contributed by atoms with Crippen molar-refractivity contribution in [2.75, 3.05) is 13.7 Å². The molecule has 0 saturated carbocycles. The highest BCUT2D eigenvalue weighted by molar-refractivity contribution is 5.92. The monoisotopic (exact) mass is 353 g/mol. The van der Waals surface area contributed by atoms with Crippen LogP contribution in [-0.4, -0.2) is 47.5 Å². The fourth-order valence-electron chi connectivity index (χ4n) is 3.33. The fraction of sp³-hybridized carbons (Fsp3) is 0.350. The highest BCUT2D eigenvalue weighted by Gasteiger charge is 2.38. The minimum atomic E-state index is -0.367. The average Bonchev–Trinajstić information content (AvgIpc) is 3.06. The Morgan fingerprint density at radius 1 is 1.23 bits per heavy atom. The number of hydrogen-bond donors (Lipinski definition) is 1. The van der Waals surface area contributed by atoms with Crippen molar-refractivity contribution >= 4 is 11.9 Å². The molecule has 0 aliphatic carbocycles. The van der Waals surface area contributed by atoms with Crippen molar-refractivity contribution in [3.05, 3.63) is 65.5 Å². The van der Waals surface area contributed by atoms with Gasteiger partial charge in [-0.05, 0) is 36.6 Å². The lowest BCUT2D eigenvalue weighted by Gasteiger charge is -2.23. The van der Waals surface area contributed by atoms with E-state index in [1.165, 1.54) is 12.7 Å². The number of benzene rings is 1. The molecule has 1 aliphatic heterocycles. The normalized spacial score (nSPS) is 19.9. The standard InChI is InChI=1S/C20H23N3O3/c1-14-7-3-4-8-15(14)12-23-13-16(11-18(23)20(25)26-2)22-19(24)17-9-5-6-10-21-17/h3-10,16,18H,11-13H2,1-2H3,(H,22,24)/t16-,18-/m0/s1. The molecule has 1 aliphatic rings. The van der Waals surface area contributed by atoms with Crippen LogP contribution in [0.25, 0.3) is 0 Å². The summed E-state index contributed by atoms with van der Waals surface area (Å²) in [5, 5.41) is 2.98. The van der Waals surface area contributed by atoms with E-state index in [1.807, 2.05) is 12.1 Å². The molecule has 0 radical (unpaired) electrons. The van der Waals surface area contributed by atoms with Crippen LogP contribution in [0.5, 0.6) is 0 Å². The summed E-state index contributed by atoms with van der Waals surface area (Å²) in [6, 6.07) is 12.8. The van der Waals surface area contributed by atoms with Gasteiger partial charge in [0.2, 0.25) is 0 Å². The molecule has 0 unspecified atom stereocenters. The van der Waals surface area contributed by atoms with E-state index in [2.05, 4.69) is 34.3 Å². The quantitative estimate of drug-likeness (QED) is 0.832. The lowest BCUT2D eigenvalue weighted by atomic mass is 10.1. The average molecular weight is 353 g/mol. The van der Waals surface area contributed by atoms with Crippen molar-refractivity contribution < 1.29 is 14.3 Å². The van der Waals surface area contributed by atoms with Gasteiger partial charge in [0.05, 0.1) is 7.11 Å². The van der Waals surface area contributed by atoms with Gasteiger partial charge in [0.15, 0.2) is 0 Å². The molecule has 1 saturated heterocycles. The van der Waals surface area contributed by atoms with E-state index in [1.54, 1.807) is 24.4 Å². The maximum atomic E-state index is 12.4. The van der Waals surface area contributed by atoms with Gasteiger partial charge < -0.3 is 10.1 Å². The number of ether oxygens (including phenoxy) is 1. The number of carbonyl (C=O) groups excluding carboxylic acids is 2. The van der Waals surface area contributed by atoms with Crippen LogP contribution >= 0.6 is 0 Å². The zero-order chi connectivity index (χ0) is 18.5. The third-order valence-electron chi connectivity index (χ3n) is 4.74.